The fraction of sp³-hybridized carbons (Fsp3) is 0.400. The second-order valence-corrected chi connectivity index (χ2v) is 9.16. The third-order valence-electron chi connectivity index (χ3n) is 6.01. The highest BCUT2D eigenvalue weighted by Gasteiger charge is 2.38. The Bertz CT molecular complexity index is 985. The lowest BCUT2D eigenvalue weighted by Crippen LogP contribution is -2.34. The van der Waals surface area contributed by atoms with E-state index in [4.69, 9.17) is 14.6 Å². The second kappa shape index (κ2) is 8.15. The Labute approximate surface area is 178 Å². The van der Waals surface area contributed by atoms with E-state index in [1.165, 1.54) is 17.2 Å². The zero-order valence-electron chi connectivity index (χ0n) is 18.3. The number of ether oxygens (including phenoxy) is 2. The van der Waals surface area contributed by atoms with Crippen LogP contribution in [0.4, 0.5) is 0 Å². The molecule has 5 heteroatoms. The number of phenols is 1. The highest BCUT2D eigenvalue weighted by atomic mass is 16.7. The fourth-order valence-corrected chi connectivity index (χ4v) is 4.09. The Morgan fingerprint density at radius 1 is 1.03 bits per heavy atom. The molecule has 0 saturated carbocycles. The van der Waals surface area contributed by atoms with Crippen molar-refractivity contribution in [1.29, 1.82) is 0 Å². The number of aliphatic carboxylic acids is 1. The van der Waals surface area contributed by atoms with E-state index in [0.29, 0.717) is 16.9 Å². The summed E-state index contributed by atoms with van der Waals surface area (Å²) in [5, 5.41) is 19.6. The van der Waals surface area contributed by atoms with Crippen molar-refractivity contribution in [3.63, 3.8) is 0 Å². The number of fused-ring (bicyclic) bond motifs is 1. The van der Waals surface area contributed by atoms with Crippen molar-refractivity contribution in [1.82, 2.24) is 0 Å². The third-order valence-corrected chi connectivity index (χ3v) is 6.01. The van der Waals surface area contributed by atoms with Gasteiger partial charge in [-0.1, -0.05) is 33.8 Å². The van der Waals surface area contributed by atoms with E-state index in [1.807, 2.05) is 0 Å². The molecule has 0 atom stereocenters. The zero-order chi connectivity index (χ0) is 22.1. The van der Waals surface area contributed by atoms with Crippen molar-refractivity contribution in [2.45, 2.75) is 51.4 Å². The average molecular weight is 411 g/mol. The van der Waals surface area contributed by atoms with Gasteiger partial charge < -0.3 is 19.7 Å². The van der Waals surface area contributed by atoms with Gasteiger partial charge in [-0.3, -0.25) is 0 Å². The molecule has 0 saturated heterocycles. The van der Waals surface area contributed by atoms with Crippen molar-refractivity contribution in [3.05, 3.63) is 53.1 Å². The predicted molar refractivity (Wildman–Crippen MR) is 118 cm³/mol. The van der Waals surface area contributed by atoms with Crippen LogP contribution in [0.15, 0.2) is 36.4 Å². The van der Waals surface area contributed by atoms with Crippen molar-refractivity contribution < 1.29 is 24.5 Å². The first-order valence-electron chi connectivity index (χ1n) is 10.1. The van der Waals surface area contributed by atoms with Crippen LogP contribution in [-0.2, 0) is 20.4 Å². The molecule has 0 spiro atoms. The number of benzene rings is 2. The molecular weight excluding hydrogens is 380 g/mol. The summed E-state index contributed by atoms with van der Waals surface area (Å²) in [7, 11) is 1.57. The molecule has 2 aromatic rings. The standard InChI is InChI=1S/C25H30O5/c1-24(2)10-11-25(3,4)20-14-22(30-15-29-5)18(13-19(20)24)17-12-16(6-8-21(17)26)7-9-23(27)28/h6-9,12-14,26H,10-11,15H2,1-5H3,(H,27,28). The number of phenolic OH excluding ortho intramolecular Hbond substituents is 1. The Morgan fingerprint density at radius 3 is 2.27 bits per heavy atom. The maximum atomic E-state index is 10.9. The number of hydrogen-bond acceptors (Lipinski definition) is 4. The van der Waals surface area contributed by atoms with Crippen molar-refractivity contribution in [2.75, 3.05) is 13.9 Å². The molecule has 160 valence electrons. The molecular formula is C25H30O5. The molecule has 0 heterocycles. The normalized spacial score (nSPS) is 17.0. The molecule has 0 radical (unpaired) electrons. The SMILES string of the molecule is COCOc1cc2c(cc1-c1cc(C=CC(=O)O)ccc1O)C(C)(C)CCC2(C)C. The highest BCUT2D eigenvalue weighted by molar-refractivity contribution is 5.86. The van der Waals surface area contributed by atoms with Gasteiger partial charge in [-0.05, 0) is 70.7 Å². The molecule has 1 aliphatic rings. The molecule has 2 aromatic carbocycles. The molecule has 0 aromatic heterocycles. The first-order chi connectivity index (χ1) is 14.0. The molecule has 1 aliphatic carbocycles. The molecule has 0 bridgehead atoms. The van der Waals surface area contributed by atoms with Crippen molar-refractivity contribution in [2.24, 2.45) is 0 Å². The molecule has 0 unspecified atom stereocenters. The van der Waals surface area contributed by atoms with Crippen molar-refractivity contribution in [3.8, 4) is 22.6 Å². The highest BCUT2D eigenvalue weighted by Crippen LogP contribution is 2.50. The van der Waals surface area contributed by atoms with Crippen LogP contribution >= 0.6 is 0 Å². The summed E-state index contributed by atoms with van der Waals surface area (Å²) in [4.78, 5) is 10.9. The van der Waals surface area contributed by atoms with E-state index >= 15 is 0 Å². The van der Waals surface area contributed by atoms with E-state index < -0.39 is 5.97 Å². The Balaban J connectivity index is 2.24. The smallest absolute Gasteiger partial charge is 0.328 e. The van der Waals surface area contributed by atoms with Gasteiger partial charge in [0.2, 0.25) is 0 Å². The van der Waals surface area contributed by atoms with E-state index in [-0.39, 0.29) is 23.4 Å². The number of rotatable bonds is 6. The number of carbonyl (C=O) groups is 1. The van der Waals surface area contributed by atoms with Crippen LogP contribution in [0.3, 0.4) is 0 Å². The number of hydrogen-bond donors (Lipinski definition) is 2. The summed E-state index contributed by atoms with van der Waals surface area (Å²) in [5.74, 6) is -0.278. The van der Waals surface area contributed by atoms with Gasteiger partial charge in [0.15, 0.2) is 6.79 Å². The van der Waals surface area contributed by atoms with Gasteiger partial charge in [0, 0.05) is 24.3 Å². The molecule has 0 fully saturated rings. The lowest BCUT2D eigenvalue weighted by atomic mass is 9.62. The minimum absolute atomic E-state index is 0.00414. The van der Waals surface area contributed by atoms with E-state index in [2.05, 4.69) is 39.8 Å². The molecule has 0 aliphatic heterocycles. The first kappa shape index (κ1) is 21.9. The Kier molecular flexibility index (Phi) is 5.95. The van der Waals surface area contributed by atoms with Crippen LogP contribution in [0.5, 0.6) is 11.5 Å². The van der Waals surface area contributed by atoms with Gasteiger partial charge in [0.05, 0.1) is 0 Å². The Morgan fingerprint density at radius 2 is 1.67 bits per heavy atom. The summed E-state index contributed by atoms with van der Waals surface area (Å²) >= 11 is 0. The predicted octanol–water partition coefficient (Wildman–Crippen LogP) is 5.49. The zero-order valence-corrected chi connectivity index (χ0v) is 18.3. The van der Waals surface area contributed by atoms with E-state index in [0.717, 1.165) is 24.5 Å². The Hall–Kier alpha value is -2.79. The minimum Gasteiger partial charge on any atom is -0.507 e. The number of aromatic hydroxyl groups is 1. The second-order valence-electron chi connectivity index (χ2n) is 9.16. The molecule has 0 amide bonds. The molecule has 5 nitrogen and oxygen atoms in total. The summed E-state index contributed by atoms with van der Waals surface area (Å²) in [6.45, 7) is 9.07. The summed E-state index contributed by atoms with van der Waals surface area (Å²) in [6, 6.07) is 9.22. The van der Waals surface area contributed by atoms with Crippen LogP contribution < -0.4 is 4.74 Å². The fourth-order valence-electron chi connectivity index (χ4n) is 4.09. The summed E-state index contributed by atoms with van der Waals surface area (Å²) in [6.07, 6.45) is 4.73. The maximum absolute atomic E-state index is 10.9. The van der Waals surface area contributed by atoms with Gasteiger partial charge >= 0.3 is 5.97 Å². The van der Waals surface area contributed by atoms with Gasteiger partial charge in [-0.2, -0.15) is 0 Å². The number of carboxylic acid groups (broad SMARTS) is 1. The molecule has 3 rings (SSSR count). The first-order valence-corrected chi connectivity index (χ1v) is 10.1. The van der Waals surface area contributed by atoms with E-state index in [1.54, 1.807) is 25.3 Å². The van der Waals surface area contributed by atoms with Crippen LogP contribution in [0, 0.1) is 0 Å². The largest absolute Gasteiger partial charge is 0.507 e. The lowest BCUT2D eigenvalue weighted by Gasteiger charge is -2.42. The van der Waals surface area contributed by atoms with Crippen LogP contribution in [0.25, 0.3) is 17.2 Å². The quantitative estimate of drug-likeness (QED) is 0.486. The average Bonchev–Trinajstić information content (AvgIpc) is 2.69. The minimum atomic E-state index is -1.02. The number of carboxylic acids is 1. The summed E-state index contributed by atoms with van der Waals surface area (Å²) in [5.41, 5.74) is 4.54. The monoisotopic (exact) mass is 410 g/mol. The van der Waals surface area contributed by atoms with Gasteiger partial charge in [-0.25, -0.2) is 4.79 Å². The molecule has 30 heavy (non-hydrogen) atoms. The van der Waals surface area contributed by atoms with Gasteiger partial charge in [0.1, 0.15) is 11.5 Å². The van der Waals surface area contributed by atoms with Crippen LogP contribution in [0.2, 0.25) is 0 Å². The van der Waals surface area contributed by atoms with Gasteiger partial charge in [-0.15, -0.1) is 0 Å². The van der Waals surface area contributed by atoms with Crippen molar-refractivity contribution >= 4 is 12.0 Å². The lowest BCUT2D eigenvalue weighted by molar-refractivity contribution is -0.131. The van der Waals surface area contributed by atoms with Crippen LogP contribution in [0.1, 0.15) is 57.2 Å². The number of methoxy groups -OCH3 is 1. The third kappa shape index (κ3) is 4.36. The molecule has 2 N–H and O–H groups in total. The summed E-state index contributed by atoms with van der Waals surface area (Å²) < 4.78 is 11.0. The maximum Gasteiger partial charge on any atom is 0.328 e. The topological polar surface area (TPSA) is 76.0 Å². The van der Waals surface area contributed by atoms with Crippen LogP contribution in [-0.4, -0.2) is 30.1 Å². The van der Waals surface area contributed by atoms with E-state index in [9.17, 15) is 9.90 Å². The van der Waals surface area contributed by atoms with Gasteiger partial charge in [0.25, 0.3) is 0 Å².